The maximum atomic E-state index is 3.83. The van der Waals surface area contributed by atoms with Crippen LogP contribution in [0.4, 0.5) is 0 Å². The van der Waals surface area contributed by atoms with Crippen LogP contribution in [-0.4, -0.2) is 9.78 Å². The zero-order valence-corrected chi connectivity index (χ0v) is 4.33. The third kappa shape index (κ3) is 1.36. The highest BCUT2D eigenvalue weighted by Crippen LogP contribution is 1.73. The van der Waals surface area contributed by atoms with Crippen LogP contribution in [0.1, 0.15) is 0 Å². The van der Waals surface area contributed by atoms with Crippen molar-refractivity contribution in [3.8, 4) is 0 Å². The average Bonchev–Trinajstić information content (AvgIpc) is 1.86. The summed E-state index contributed by atoms with van der Waals surface area (Å²) in [5.74, 6) is 0. The first kappa shape index (κ1) is 6.17. The second-order valence-electron chi connectivity index (χ2n) is 1.18. The molecule has 1 rings (SSSR count). The van der Waals surface area contributed by atoms with Crippen LogP contribution < -0.4 is 6.15 Å². The van der Waals surface area contributed by atoms with Crippen LogP contribution in [0.25, 0.3) is 0 Å². The van der Waals surface area contributed by atoms with Crippen molar-refractivity contribution in [3.05, 3.63) is 18.5 Å². The summed E-state index contributed by atoms with van der Waals surface area (Å²) < 4.78 is 1.75. The molecule has 0 amide bonds. The molecule has 0 aliphatic heterocycles. The molecule has 1 aromatic rings. The molecule has 40 valence electrons. The van der Waals surface area contributed by atoms with E-state index in [1.54, 1.807) is 10.9 Å². The Labute approximate surface area is 42.5 Å². The SMILES string of the molecule is Cn1cccn1.N. The fourth-order valence-electron chi connectivity index (χ4n) is 0.345. The molecule has 3 N–H and O–H groups in total. The third-order valence-electron chi connectivity index (χ3n) is 0.637. The van der Waals surface area contributed by atoms with Crippen molar-refractivity contribution in [1.29, 1.82) is 0 Å². The summed E-state index contributed by atoms with van der Waals surface area (Å²) in [6, 6.07) is 1.89. The van der Waals surface area contributed by atoms with Gasteiger partial charge in [0.2, 0.25) is 0 Å². The van der Waals surface area contributed by atoms with Gasteiger partial charge in [0.15, 0.2) is 0 Å². The van der Waals surface area contributed by atoms with E-state index in [1.807, 2.05) is 19.3 Å². The number of nitrogens with zero attached hydrogens (tertiary/aromatic N) is 2. The maximum Gasteiger partial charge on any atom is 0.0489 e. The van der Waals surface area contributed by atoms with Gasteiger partial charge in [-0.15, -0.1) is 0 Å². The van der Waals surface area contributed by atoms with E-state index in [9.17, 15) is 0 Å². The molecule has 0 unspecified atom stereocenters. The van der Waals surface area contributed by atoms with Crippen LogP contribution in [0.5, 0.6) is 0 Å². The largest absolute Gasteiger partial charge is 0.344 e. The molecular weight excluding hydrogens is 90.1 g/mol. The number of rotatable bonds is 0. The van der Waals surface area contributed by atoms with E-state index >= 15 is 0 Å². The molecule has 0 aliphatic carbocycles. The molecule has 0 saturated heterocycles. The molecule has 7 heavy (non-hydrogen) atoms. The molecular formula is C4H9N3. The quantitative estimate of drug-likeness (QED) is 0.517. The average molecular weight is 99.1 g/mol. The van der Waals surface area contributed by atoms with Crippen LogP contribution in [0.15, 0.2) is 18.5 Å². The first-order valence-electron chi connectivity index (χ1n) is 1.83. The normalized spacial score (nSPS) is 7.57. The molecule has 0 radical (unpaired) electrons. The molecule has 0 spiro atoms. The Morgan fingerprint density at radius 1 is 1.57 bits per heavy atom. The minimum absolute atomic E-state index is 0. The molecule has 0 fully saturated rings. The molecule has 1 heterocycles. The Hall–Kier alpha value is -0.830. The lowest BCUT2D eigenvalue weighted by atomic mass is 10.8. The van der Waals surface area contributed by atoms with Gasteiger partial charge in [-0.25, -0.2) is 0 Å². The molecule has 0 bridgehead atoms. The summed E-state index contributed by atoms with van der Waals surface area (Å²) in [5, 5.41) is 3.83. The van der Waals surface area contributed by atoms with Gasteiger partial charge in [0.05, 0.1) is 0 Å². The number of hydrogen-bond donors (Lipinski definition) is 1. The summed E-state index contributed by atoms with van der Waals surface area (Å²) in [6.07, 6.45) is 3.64. The van der Waals surface area contributed by atoms with E-state index in [0.29, 0.717) is 0 Å². The van der Waals surface area contributed by atoms with E-state index in [4.69, 9.17) is 0 Å². The smallest absolute Gasteiger partial charge is 0.0489 e. The summed E-state index contributed by atoms with van der Waals surface area (Å²) in [5.41, 5.74) is 0. The van der Waals surface area contributed by atoms with Crippen LogP contribution >= 0.6 is 0 Å². The lowest BCUT2D eigenvalue weighted by Crippen LogP contribution is -1.83. The first-order valence-corrected chi connectivity index (χ1v) is 1.83. The Kier molecular flexibility index (Phi) is 2.08. The van der Waals surface area contributed by atoms with Gasteiger partial charge in [-0.05, 0) is 6.07 Å². The highest BCUT2D eigenvalue weighted by atomic mass is 15.2. The van der Waals surface area contributed by atoms with Crippen LogP contribution in [-0.2, 0) is 7.05 Å². The van der Waals surface area contributed by atoms with Crippen LogP contribution in [0.3, 0.4) is 0 Å². The highest BCUT2D eigenvalue weighted by molar-refractivity contribution is 4.75. The summed E-state index contributed by atoms with van der Waals surface area (Å²) in [6.45, 7) is 0. The standard InChI is InChI=1S/C4H6N2.H3N/c1-6-4-2-3-5-6;/h2-4H,1H3;1H3. The number of hydrogen-bond acceptors (Lipinski definition) is 2. The van der Waals surface area contributed by atoms with Gasteiger partial charge < -0.3 is 6.15 Å². The molecule has 0 aliphatic rings. The Balaban J connectivity index is 0.000000360. The van der Waals surface area contributed by atoms with Crippen LogP contribution in [0.2, 0.25) is 0 Å². The second-order valence-corrected chi connectivity index (χ2v) is 1.18. The predicted octanol–water partition coefficient (Wildman–Crippen LogP) is 0.582. The number of aryl methyl sites for hydroxylation is 1. The van der Waals surface area contributed by atoms with Crippen molar-refractivity contribution in [2.45, 2.75) is 0 Å². The lowest BCUT2D eigenvalue weighted by molar-refractivity contribution is 0.768. The Morgan fingerprint density at radius 3 is 2.43 bits per heavy atom. The minimum atomic E-state index is 0. The van der Waals surface area contributed by atoms with E-state index in [0.717, 1.165) is 0 Å². The summed E-state index contributed by atoms with van der Waals surface area (Å²) in [4.78, 5) is 0. The van der Waals surface area contributed by atoms with Gasteiger partial charge in [-0.3, -0.25) is 4.68 Å². The van der Waals surface area contributed by atoms with Crippen LogP contribution in [0, 0.1) is 0 Å². The Morgan fingerprint density at radius 2 is 2.29 bits per heavy atom. The van der Waals surface area contributed by atoms with Gasteiger partial charge in [0, 0.05) is 19.4 Å². The molecule has 0 atom stereocenters. The Bertz CT molecular complexity index is 110. The van der Waals surface area contributed by atoms with Gasteiger partial charge in [-0.2, -0.15) is 5.10 Å². The second kappa shape index (κ2) is 2.36. The molecule has 1 aromatic heterocycles. The van der Waals surface area contributed by atoms with Gasteiger partial charge in [-0.1, -0.05) is 0 Å². The molecule has 3 heteroatoms. The van der Waals surface area contributed by atoms with Gasteiger partial charge in [0.1, 0.15) is 0 Å². The zero-order chi connectivity index (χ0) is 4.41. The molecule has 3 nitrogen and oxygen atoms in total. The van der Waals surface area contributed by atoms with Crippen molar-refractivity contribution in [1.82, 2.24) is 15.9 Å². The van der Waals surface area contributed by atoms with Gasteiger partial charge >= 0.3 is 0 Å². The van der Waals surface area contributed by atoms with Crippen molar-refractivity contribution >= 4 is 0 Å². The predicted molar refractivity (Wildman–Crippen MR) is 28.2 cm³/mol. The van der Waals surface area contributed by atoms with Crippen molar-refractivity contribution in [3.63, 3.8) is 0 Å². The van der Waals surface area contributed by atoms with E-state index in [1.165, 1.54) is 0 Å². The zero-order valence-electron chi connectivity index (χ0n) is 4.33. The minimum Gasteiger partial charge on any atom is -0.344 e. The summed E-state index contributed by atoms with van der Waals surface area (Å²) >= 11 is 0. The highest BCUT2D eigenvalue weighted by Gasteiger charge is 1.69. The lowest BCUT2D eigenvalue weighted by Gasteiger charge is -1.77. The molecule has 0 saturated carbocycles. The monoisotopic (exact) mass is 99.1 g/mol. The van der Waals surface area contributed by atoms with Crippen molar-refractivity contribution in [2.24, 2.45) is 7.05 Å². The van der Waals surface area contributed by atoms with Gasteiger partial charge in [0.25, 0.3) is 0 Å². The van der Waals surface area contributed by atoms with Crippen molar-refractivity contribution in [2.75, 3.05) is 0 Å². The molecule has 0 aromatic carbocycles. The van der Waals surface area contributed by atoms with E-state index in [-0.39, 0.29) is 6.15 Å². The van der Waals surface area contributed by atoms with E-state index < -0.39 is 0 Å². The summed E-state index contributed by atoms with van der Waals surface area (Å²) in [7, 11) is 1.89. The van der Waals surface area contributed by atoms with Crippen molar-refractivity contribution < 1.29 is 0 Å². The fraction of sp³-hybridized carbons (Fsp3) is 0.250. The third-order valence-corrected chi connectivity index (χ3v) is 0.637. The topological polar surface area (TPSA) is 52.8 Å². The number of aromatic nitrogens is 2. The first-order chi connectivity index (χ1) is 2.89. The maximum absolute atomic E-state index is 3.83. The fourth-order valence-corrected chi connectivity index (χ4v) is 0.345. The van der Waals surface area contributed by atoms with E-state index in [2.05, 4.69) is 5.10 Å².